The zero-order valence-electron chi connectivity index (χ0n) is 23.1. The van der Waals surface area contributed by atoms with Crippen molar-refractivity contribution in [2.45, 2.75) is 55.1 Å². The molecule has 41 heavy (non-hydrogen) atoms. The second-order valence-electron chi connectivity index (χ2n) is 11.1. The van der Waals surface area contributed by atoms with Crippen LogP contribution in [-0.2, 0) is 28.1 Å². The number of methoxy groups -OCH3 is 1. The average molecular weight is 643 g/mol. The highest BCUT2D eigenvalue weighted by Crippen LogP contribution is 2.57. The molecule has 10 heteroatoms. The molecule has 1 N–H and O–H groups in total. The molecular weight excluding hydrogens is 609 g/mol. The third-order valence-electron chi connectivity index (χ3n) is 8.49. The van der Waals surface area contributed by atoms with Crippen LogP contribution in [0.3, 0.4) is 0 Å². The van der Waals surface area contributed by atoms with Gasteiger partial charge in [-0.15, -0.1) is 0 Å². The van der Waals surface area contributed by atoms with Gasteiger partial charge >= 0.3 is 0 Å². The van der Waals surface area contributed by atoms with E-state index in [2.05, 4.69) is 32.6 Å². The van der Waals surface area contributed by atoms with E-state index in [9.17, 15) is 13.7 Å². The summed E-state index contributed by atoms with van der Waals surface area (Å²) in [5, 5.41) is 0. The number of benzene rings is 3. The summed E-state index contributed by atoms with van der Waals surface area (Å²) in [5.41, 5.74) is 2.72. The van der Waals surface area contributed by atoms with Gasteiger partial charge in [0.15, 0.2) is 4.90 Å². The predicted molar refractivity (Wildman–Crippen MR) is 161 cm³/mol. The van der Waals surface area contributed by atoms with Gasteiger partial charge < -0.3 is 23.8 Å². The molecule has 1 aliphatic carbocycles. The van der Waals surface area contributed by atoms with E-state index in [1.54, 1.807) is 7.11 Å². The quantitative estimate of drug-likeness (QED) is 0.296. The lowest BCUT2D eigenvalue weighted by atomic mass is 9.65. The molecule has 1 saturated heterocycles. The number of anilines is 2. The second kappa shape index (κ2) is 11.5. The summed E-state index contributed by atoms with van der Waals surface area (Å²) in [7, 11) is 3.74. The Labute approximate surface area is 251 Å². The Morgan fingerprint density at radius 2 is 1.85 bits per heavy atom. The smallest absolute Gasteiger partial charge is 0.238 e. The van der Waals surface area contributed by atoms with Gasteiger partial charge in [0.2, 0.25) is 5.91 Å². The molecule has 3 aliphatic rings. The molecule has 1 amide bonds. The van der Waals surface area contributed by atoms with Crippen LogP contribution >= 0.6 is 15.9 Å². The van der Waals surface area contributed by atoms with E-state index in [0.29, 0.717) is 27.3 Å². The fraction of sp³-hybridized carbons (Fsp3) is 0.387. The van der Waals surface area contributed by atoms with Crippen molar-refractivity contribution in [2.75, 3.05) is 36.9 Å². The number of amides is 1. The summed E-state index contributed by atoms with van der Waals surface area (Å²) >= 11 is 1.66. The lowest BCUT2D eigenvalue weighted by molar-refractivity contribution is -0.126. The number of nitrogens with zero attached hydrogens (tertiary/aromatic N) is 2. The van der Waals surface area contributed by atoms with Crippen molar-refractivity contribution < 1.29 is 23.2 Å². The van der Waals surface area contributed by atoms with Crippen molar-refractivity contribution in [3.8, 4) is 11.5 Å². The molecule has 7 nitrogen and oxygen atoms in total. The minimum atomic E-state index is -1.67. The minimum absolute atomic E-state index is 0.0122. The van der Waals surface area contributed by atoms with Gasteiger partial charge in [0.05, 0.1) is 34.9 Å². The van der Waals surface area contributed by atoms with Crippen LogP contribution in [0.4, 0.5) is 15.8 Å². The summed E-state index contributed by atoms with van der Waals surface area (Å²) in [6, 6.07) is 15.7. The average Bonchev–Trinajstić information content (AvgIpc) is 3.18. The van der Waals surface area contributed by atoms with Crippen LogP contribution in [0, 0.1) is 5.82 Å². The number of hydrogen-bond donors (Lipinski definition) is 1. The zero-order valence-corrected chi connectivity index (χ0v) is 25.5. The van der Waals surface area contributed by atoms with Crippen molar-refractivity contribution >= 4 is 44.6 Å². The minimum Gasteiger partial charge on any atom is -0.588 e. The number of rotatable bonds is 8. The molecule has 0 aromatic heterocycles. The number of carbonyl (C=O) groups is 1. The number of nitrogens with one attached hydrogen (secondary N) is 1. The molecule has 3 aromatic rings. The first-order valence-electron chi connectivity index (χ1n) is 13.9. The van der Waals surface area contributed by atoms with E-state index in [1.165, 1.54) is 18.2 Å². The second-order valence-corrected chi connectivity index (χ2v) is 13.1. The van der Waals surface area contributed by atoms with E-state index in [0.717, 1.165) is 67.8 Å². The molecular formula is C31H33BrFN3O4S. The Kier molecular flexibility index (Phi) is 7.93. The third-order valence-corrected chi connectivity index (χ3v) is 10.6. The molecule has 2 fully saturated rings. The number of ether oxygens (including phenoxy) is 2. The van der Waals surface area contributed by atoms with Gasteiger partial charge in [-0.3, -0.25) is 4.79 Å². The van der Waals surface area contributed by atoms with Crippen molar-refractivity contribution in [1.82, 2.24) is 4.90 Å². The fourth-order valence-corrected chi connectivity index (χ4v) is 7.68. The van der Waals surface area contributed by atoms with E-state index in [1.807, 2.05) is 41.3 Å². The topological polar surface area (TPSA) is 77.1 Å². The molecule has 2 aliphatic heterocycles. The van der Waals surface area contributed by atoms with Crippen LogP contribution in [0.25, 0.3) is 0 Å². The van der Waals surface area contributed by atoms with Gasteiger partial charge in [0, 0.05) is 19.2 Å². The van der Waals surface area contributed by atoms with Crippen molar-refractivity contribution in [2.24, 2.45) is 0 Å². The number of piperidine rings is 1. The third kappa shape index (κ3) is 5.43. The summed E-state index contributed by atoms with van der Waals surface area (Å²) in [6.07, 6.45) is 4.28. The van der Waals surface area contributed by atoms with Crippen LogP contribution in [-0.4, -0.2) is 48.7 Å². The number of hydrogen-bond acceptors (Lipinski definition) is 6. The number of halogens is 2. The van der Waals surface area contributed by atoms with Crippen molar-refractivity contribution in [3.05, 3.63) is 76.0 Å². The summed E-state index contributed by atoms with van der Waals surface area (Å²) in [4.78, 5) is 18.7. The number of carbonyl (C=O) groups excluding carboxylic acids is 1. The number of fused-ring (bicyclic) bond motifs is 2. The highest BCUT2D eigenvalue weighted by atomic mass is 79.9. The summed E-state index contributed by atoms with van der Waals surface area (Å²) < 4.78 is 42.6. The maximum Gasteiger partial charge on any atom is 0.238 e. The Bertz CT molecular complexity index is 1440. The molecule has 1 unspecified atom stereocenters. The van der Waals surface area contributed by atoms with Crippen molar-refractivity contribution in [1.29, 1.82) is 0 Å². The highest BCUT2D eigenvalue weighted by Gasteiger charge is 2.55. The first-order valence-corrected chi connectivity index (χ1v) is 15.8. The maximum atomic E-state index is 14.1. The predicted octanol–water partition coefficient (Wildman–Crippen LogP) is 6.17. The lowest BCUT2D eigenvalue weighted by Gasteiger charge is -2.37. The Morgan fingerprint density at radius 3 is 2.49 bits per heavy atom. The Hall–Kier alpha value is -2.79. The van der Waals surface area contributed by atoms with Gasteiger partial charge in [-0.25, -0.2) is 9.11 Å². The largest absolute Gasteiger partial charge is 0.588 e. The first kappa shape index (κ1) is 28.3. The van der Waals surface area contributed by atoms with Gasteiger partial charge in [0.25, 0.3) is 0 Å². The SMILES string of the molecule is COc1ccc(CN2C(=O)C3(CCC3)c3cc(N[S+]([O-])c4ccc(F)cc4Br)cc(OC4CCN(C)CC4)c32)cc1. The first-order chi connectivity index (χ1) is 19.8. The Morgan fingerprint density at radius 1 is 1.12 bits per heavy atom. The maximum absolute atomic E-state index is 14.1. The molecule has 1 atom stereocenters. The molecule has 216 valence electrons. The lowest BCUT2D eigenvalue weighted by Crippen LogP contribution is -2.44. The molecule has 0 radical (unpaired) electrons. The zero-order chi connectivity index (χ0) is 28.7. The highest BCUT2D eigenvalue weighted by molar-refractivity contribution is 9.10. The molecule has 0 bridgehead atoms. The standard InChI is InChI=1S/C31H33BrFN3O4S/c1-35-14-10-24(11-15-35)40-27-18-22(34-41(38)28-9-6-21(33)16-26(28)32)17-25-29(27)36(30(37)31(25)12-3-13-31)19-20-4-7-23(39-2)8-5-20/h4-9,16-18,24,34H,3,10-15,19H2,1-2H3. The van der Waals surface area contributed by atoms with E-state index >= 15 is 0 Å². The van der Waals surface area contributed by atoms with Crippen LogP contribution in [0.2, 0.25) is 0 Å². The van der Waals surface area contributed by atoms with Crippen LogP contribution in [0.5, 0.6) is 11.5 Å². The molecule has 2 heterocycles. The number of likely N-dealkylation sites (tertiary alicyclic amines) is 1. The molecule has 1 spiro atoms. The molecule has 1 saturated carbocycles. The Balaban J connectivity index is 1.39. The van der Waals surface area contributed by atoms with Gasteiger partial charge in [-0.1, -0.05) is 18.6 Å². The van der Waals surface area contributed by atoms with Gasteiger partial charge in [0.1, 0.15) is 34.8 Å². The van der Waals surface area contributed by atoms with Crippen LogP contribution < -0.4 is 19.1 Å². The molecule has 6 rings (SSSR count). The summed E-state index contributed by atoms with van der Waals surface area (Å²) in [5.74, 6) is 1.06. The van der Waals surface area contributed by atoms with E-state index in [4.69, 9.17) is 9.47 Å². The normalized spacial score (nSPS) is 19.1. The molecule has 3 aromatic carbocycles. The monoisotopic (exact) mass is 641 g/mol. The van der Waals surface area contributed by atoms with E-state index in [-0.39, 0.29) is 12.0 Å². The van der Waals surface area contributed by atoms with Crippen molar-refractivity contribution in [3.63, 3.8) is 0 Å². The fourth-order valence-electron chi connectivity index (χ4n) is 6.02. The van der Waals surface area contributed by atoms with E-state index < -0.39 is 22.6 Å². The van der Waals surface area contributed by atoms with Gasteiger partial charge in [-0.05, 0) is 96.2 Å². The van der Waals surface area contributed by atoms with Gasteiger partial charge in [-0.2, -0.15) is 0 Å². The van der Waals surface area contributed by atoms with Crippen LogP contribution in [0.1, 0.15) is 43.2 Å². The van der Waals surface area contributed by atoms with Crippen LogP contribution in [0.15, 0.2) is 64.0 Å². The summed E-state index contributed by atoms with van der Waals surface area (Å²) in [6.45, 7) is 2.29.